The van der Waals surface area contributed by atoms with Crippen LogP contribution in [0.5, 0.6) is 0 Å². The Morgan fingerprint density at radius 3 is 2.65 bits per heavy atom. The molecule has 0 saturated heterocycles. The lowest BCUT2D eigenvalue weighted by Gasteiger charge is -2.09. The summed E-state index contributed by atoms with van der Waals surface area (Å²) in [6.45, 7) is 0. The highest BCUT2D eigenvalue weighted by Gasteiger charge is 2.30. The van der Waals surface area contributed by atoms with E-state index in [1.165, 1.54) is 12.1 Å². The van der Waals surface area contributed by atoms with Gasteiger partial charge in [-0.1, -0.05) is 6.07 Å². The molecule has 2 rings (SSSR count). The lowest BCUT2D eigenvalue weighted by atomic mass is 10.2. The summed E-state index contributed by atoms with van der Waals surface area (Å²) in [6, 6.07) is 8.25. The van der Waals surface area contributed by atoms with Crippen molar-refractivity contribution in [3.63, 3.8) is 0 Å². The van der Waals surface area contributed by atoms with E-state index in [0.29, 0.717) is 6.42 Å². The molecule has 2 N–H and O–H groups in total. The summed E-state index contributed by atoms with van der Waals surface area (Å²) in [5.74, 6) is -0.320. The number of amides is 1. The number of alkyl halides is 3. The molecule has 20 heavy (non-hydrogen) atoms. The maximum absolute atomic E-state index is 12.5. The van der Waals surface area contributed by atoms with Crippen LogP contribution in [0.25, 0.3) is 0 Å². The van der Waals surface area contributed by atoms with Gasteiger partial charge in [-0.25, -0.2) is 0 Å². The summed E-state index contributed by atoms with van der Waals surface area (Å²) >= 11 is 0. The first-order valence-electron chi connectivity index (χ1n) is 6.04. The first-order chi connectivity index (χ1) is 9.45. The normalized spacial score (nSPS) is 11.3. The SMILES string of the molecule is O=C(CCc1ccc[nH]1)Nc1cccc(C(F)(F)F)c1. The van der Waals surface area contributed by atoms with Crippen molar-refractivity contribution in [1.82, 2.24) is 4.98 Å². The second kappa shape index (κ2) is 5.81. The number of rotatable bonds is 4. The van der Waals surface area contributed by atoms with E-state index < -0.39 is 11.7 Å². The molecule has 2 aromatic rings. The molecule has 0 bridgehead atoms. The standard InChI is InChI=1S/C14H13F3N2O/c15-14(16,17)10-3-1-4-12(9-10)19-13(20)7-6-11-5-2-8-18-11/h1-5,8-9,18H,6-7H2,(H,19,20). The Hall–Kier alpha value is -2.24. The van der Waals surface area contributed by atoms with Crippen LogP contribution < -0.4 is 5.32 Å². The fourth-order valence-electron chi connectivity index (χ4n) is 1.77. The predicted molar refractivity (Wildman–Crippen MR) is 69.2 cm³/mol. The van der Waals surface area contributed by atoms with Crippen LogP contribution in [0.15, 0.2) is 42.6 Å². The highest BCUT2D eigenvalue weighted by atomic mass is 19.4. The van der Waals surface area contributed by atoms with Gasteiger partial charge in [0.15, 0.2) is 0 Å². The maximum Gasteiger partial charge on any atom is 0.416 e. The molecular formula is C14H13F3N2O. The van der Waals surface area contributed by atoms with Gasteiger partial charge in [-0.15, -0.1) is 0 Å². The molecule has 0 aliphatic heterocycles. The van der Waals surface area contributed by atoms with Crippen molar-refractivity contribution in [2.24, 2.45) is 0 Å². The van der Waals surface area contributed by atoms with Gasteiger partial charge < -0.3 is 10.3 Å². The van der Waals surface area contributed by atoms with E-state index in [-0.39, 0.29) is 18.0 Å². The molecule has 0 saturated carbocycles. The monoisotopic (exact) mass is 282 g/mol. The fourth-order valence-corrected chi connectivity index (χ4v) is 1.77. The van der Waals surface area contributed by atoms with Crippen molar-refractivity contribution in [3.8, 4) is 0 Å². The van der Waals surface area contributed by atoms with Crippen molar-refractivity contribution in [2.45, 2.75) is 19.0 Å². The summed E-state index contributed by atoms with van der Waals surface area (Å²) in [4.78, 5) is 14.6. The number of carbonyl (C=O) groups is 1. The Balaban J connectivity index is 1.94. The van der Waals surface area contributed by atoms with E-state index in [1.807, 2.05) is 12.1 Å². The van der Waals surface area contributed by atoms with E-state index in [0.717, 1.165) is 17.8 Å². The molecule has 0 aliphatic rings. The van der Waals surface area contributed by atoms with E-state index in [4.69, 9.17) is 0 Å². The van der Waals surface area contributed by atoms with E-state index in [2.05, 4.69) is 10.3 Å². The molecule has 0 aliphatic carbocycles. The predicted octanol–water partition coefficient (Wildman–Crippen LogP) is 3.60. The third-order valence-corrected chi connectivity index (χ3v) is 2.76. The molecule has 0 spiro atoms. The zero-order valence-corrected chi connectivity index (χ0v) is 10.5. The van der Waals surface area contributed by atoms with Crippen LogP contribution in [0, 0.1) is 0 Å². The third kappa shape index (κ3) is 3.88. The molecule has 0 atom stereocenters. The minimum Gasteiger partial charge on any atom is -0.365 e. The summed E-state index contributed by atoms with van der Waals surface area (Å²) < 4.78 is 37.6. The molecule has 106 valence electrons. The second-order valence-electron chi connectivity index (χ2n) is 4.32. The fraction of sp³-hybridized carbons (Fsp3) is 0.214. The molecule has 0 unspecified atom stereocenters. The molecule has 0 fully saturated rings. The Bertz CT molecular complexity index is 576. The Morgan fingerprint density at radius 2 is 2.00 bits per heavy atom. The maximum atomic E-state index is 12.5. The molecule has 0 radical (unpaired) electrons. The minimum absolute atomic E-state index is 0.149. The number of hydrogen-bond acceptors (Lipinski definition) is 1. The summed E-state index contributed by atoms with van der Waals surface area (Å²) in [7, 11) is 0. The van der Waals surface area contributed by atoms with Crippen LogP contribution in [0.4, 0.5) is 18.9 Å². The average Bonchev–Trinajstić information content (AvgIpc) is 2.89. The number of benzene rings is 1. The molecule has 3 nitrogen and oxygen atoms in total. The van der Waals surface area contributed by atoms with Gasteiger partial charge in [0.05, 0.1) is 5.56 Å². The van der Waals surface area contributed by atoms with Crippen molar-refractivity contribution >= 4 is 11.6 Å². The molecular weight excluding hydrogens is 269 g/mol. The van der Waals surface area contributed by atoms with Crippen molar-refractivity contribution in [1.29, 1.82) is 0 Å². The van der Waals surface area contributed by atoms with Crippen LogP contribution in [-0.4, -0.2) is 10.9 Å². The number of nitrogens with one attached hydrogen (secondary N) is 2. The third-order valence-electron chi connectivity index (χ3n) is 2.76. The van der Waals surface area contributed by atoms with Gasteiger partial charge in [-0.2, -0.15) is 13.2 Å². The lowest BCUT2D eigenvalue weighted by Crippen LogP contribution is -2.13. The number of anilines is 1. The van der Waals surface area contributed by atoms with E-state index >= 15 is 0 Å². The molecule has 1 aromatic heterocycles. The number of H-pyrrole nitrogens is 1. The van der Waals surface area contributed by atoms with Crippen molar-refractivity contribution in [2.75, 3.05) is 5.32 Å². The molecule has 1 amide bonds. The quantitative estimate of drug-likeness (QED) is 0.884. The molecule has 1 aromatic carbocycles. The van der Waals surface area contributed by atoms with Crippen LogP contribution in [0.2, 0.25) is 0 Å². The van der Waals surface area contributed by atoms with Gasteiger partial charge in [0.25, 0.3) is 0 Å². The number of aromatic amines is 1. The largest absolute Gasteiger partial charge is 0.416 e. The second-order valence-corrected chi connectivity index (χ2v) is 4.32. The minimum atomic E-state index is -4.41. The lowest BCUT2D eigenvalue weighted by molar-refractivity contribution is -0.137. The van der Waals surface area contributed by atoms with Crippen molar-refractivity contribution in [3.05, 3.63) is 53.9 Å². The Morgan fingerprint density at radius 1 is 1.20 bits per heavy atom. The zero-order chi connectivity index (χ0) is 14.6. The summed E-state index contributed by atoms with van der Waals surface area (Å²) in [5, 5.41) is 2.46. The number of halogens is 3. The summed E-state index contributed by atoms with van der Waals surface area (Å²) in [6.07, 6.45) is -1.94. The smallest absolute Gasteiger partial charge is 0.365 e. The molecule has 6 heteroatoms. The van der Waals surface area contributed by atoms with Gasteiger partial charge in [0, 0.05) is 24.0 Å². The van der Waals surface area contributed by atoms with Crippen LogP contribution in [-0.2, 0) is 17.4 Å². The zero-order valence-electron chi connectivity index (χ0n) is 10.5. The van der Waals surface area contributed by atoms with Gasteiger partial charge in [0.1, 0.15) is 0 Å². The van der Waals surface area contributed by atoms with Crippen LogP contribution in [0.3, 0.4) is 0 Å². The average molecular weight is 282 g/mol. The number of carbonyl (C=O) groups excluding carboxylic acids is 1. The van der Waals surface area contributed by atoms with E-state index in [1.54, 1.807) is 6.20 Å². The first-order valence-corrected chi connectivity index (χ1v) is 6.04. The Labute approximate surface area is 113 Å². The summed E-state index contributed by atoms with van der Waals surface area (Å²) in [5.41, 5.74) is 0.278. The van der Waals surface area contributed by atoms with Crippen LogP contribution >= 0.6 is 0 Å². The van der Waals surface area contributed by atoms with Gasteiger partial charge in [-0.05, 0) is 36.8 Å². The van der Waals surface area contributed by atoms with Crippen LogP contribution in [0.1, 0.15) is 17.7 Å². The highest BCUT2D eigenvalue weighted by molar-refractivity contribution is 5.90. The van der Waals surface area contributed by atoms with Crippen molar-refractivity contribution < 1.29 is 18.0 Å². The molecule has 1 heterocycles. The topological polar surface area (TPSA) is 44.9 Å². The number of hydrogen-bond donors (Lipinski definition) is 2. The number of aryl methyl sites for hydroxylation is 1. The highest BCUT2D eigenvalue weighted by Crippen LogP contribution is 2.30. The number of aromatic nitrogens is 1. The first kappa shape index (κ1) is 14.2. The Kier molecular flexibility index (Phi) is 4.12. The van der Waals surface area contributed by atoms with Gasteiger partial charge >= 0.3 is 6.18 Å². The van der Waals surface area contributed by atoms with Gasteiger partial charge in [0.2, 0.25) is 5.91 Å². The van der Waals surface area contributed by atoms with Gasteiger partial charge in [-0.3, -0.25) is 4.79 Å². The van der Waals surface area contributed by atoms with E-state index in [9.17, 15) is 18.0 Å².